The highest BCUT2D eigenvalue weighted by Crippen LogP contribution is 2.26. The standard InChI is InChI=1S/C16H18N4O.ClH/c1-10-2-3-12-14(8-10)20-16(21)13(9-17)15(12)19-11-4-6-18-7-5-11;/h2-3,8,11,18H,4-7H2,1H3,(H2,19,20,21);1H. The number of aromatic nitrogens is 1. The molecule has 3 N–H and O–H groups in total. The minimum absolute atomic E-state index is 0. The van der Waals surface area contributed by atoms with E-state index in [-0.39, 0.29) is 23.5 Å². The van der Waals surface area contributed by atoms with Crippen LogP contribution < -0.4 is 16.2 Å². The van der Waals surface area contributed by atoms with E-state index < -0.39 is 0 Å². The third-order valence-corrected chi connectivity index (χ3v) is 3.97. The molecular weight excluding hydrogens is 300 g/mol. The molecule has 0 spiro atoms. The second-order valence-corrected chi connectivity index (χ2v) is 5.53. The third kappa shape index (κ3) is 3.08. The van der Waals surface area contributed by atoms with E-state index in [4.69, 9.17) is 0 Å². The van der Waals surface area contributed by atoms with E-state index in [9.17, 15) is 10.1 Å². The van der Waals surface area contributed by atoms with Crippen LogP contribution in [-0.4, -0.2) is 24.1 Å². The molecule has 1 saturated heterocycles. The van der Waals surface area contributed by atoms with Gasteiger partial charge in [0.25, 0.3) is 5.56 Å². The maximum absolute atomic E-state index is 12.1. The lowest BCUT2D eigenvalue weighted by Crippen LogP contribution is -2.36. The minimum Gasteiger partial charge on any atom is -0.380 e. The van der Waals surface area contributed by atoms with Crippen LogP contribution in [-0.2, 0) is 0 Å². The zero-order valence-electron chi connectivity index (χ0n) is 12.4. The fraction of sp³-hybridized carbons (Fsp3) is 0.375. The molecule has 1 aromatic heterocycles. The lowest BCUT2D eigenvalue weighted by atomic mass is 10.0. The number of nitrogens with one attached hydrogen (secondary N) is 3. The Hall–Kier alpha value is -2.03. The van der Waals surface area contributed by atoms with Crippen LogP contribution in [0, 0.1) is 18.3 Å². The summed E-state index contributed by atoms with van der Waals surface area (Å²) in [7, 11) is 0. The first-order chi connectivity index (χ1) is 10.2. The Morgan fingerprint density at radius 2 is 2.05 bits per heavy atom. The summed E-state index contributed by atoms with van der Waals surface area (Å²) < 4.78 is 0. The first kappa shape index (κ1) is 16.3. The quantitative estimate of drug-likeness (QED) is 0.793. The molecule has 0 saturated carbocycles. The first-order valence-electron chi connectivity index (χ1n) is 7.23. The second kappa shape index (κ2) is 6.82. The van der Waals surface area contributed by atoms with Gasteiger partial charge in [-0.1, -0.05) is 12.1 Å². The zero-order chi connectivity index (χ0) is 14.8. The molecule has 5 nitrogen and oxygen atoms in total. The average molecular weight is 319 g/mol. The largest absolute Gasteiger partial charge is 0.380 e. The van der Waals surface area contributed by atoms with Crippen LogP contribution in [0.15, 0.2) is 23.0 Å². The van der Waals surface area contributed by atoms with Gasteiger partial charge in [0.05, 0.1) is 11.2 Å². The second-order valence-electron chi connectivity index (χ2n) is 5.53. The van der Waals surface area contributed by atoms with E-state index in [2.05, 4.69) is 15.6 Å². The van der Waals surface area contributed by atoms with Crippen LogP contribution in [0.3, 0.4) is 0 Å². The number of hydrogen-bond donors (Lipinski definition) is 3. The van der Waals surface area contributed by atoms with Crippen molar-refractivity contribution in [2.45, 2.75) is 25.8 Å². The predicted octanol–water partition coefficient (Wildman–Crippen LogP) is 2.29. The van der Waals surface area contributed by atoms with Gasteiger partial charge < -0.3 is 15.6 Å². The van der Waals surface area contributed by atoms with Gasteiger partial charge in [-0.15, -0.1) is 12.4 Å². The molecule has 1 fully saturated rings. The summed E-state index contributed by atoms with van der Waals surface area (Å²) in [5.41, 5.74) is 2.37. The molecule has 1 aliphatic heterocycles. The Balaban J connectivity index is 0.00000176. The highest BCUT2D eigenvalue weighted by atomic mass is 35.5. The number of fused-ring (bicyclic) bond motifs is 1. The van der Waals surface area contributed by atoms with Crippen molar-refractivity contribution < 1.29 is 0 Å². The van der Waals surface area contributed by atoms with E-state index in [1.54, 1.807) is 0 Å². The van der Waals surface area contributed by atoms with Gasteiger partial charge >= 0.3 is 0 Å². The van der Waals surface area contributed by atoms with Crippen molar-refractivity contribution >= 4 is 29.0 Å². The van der Waals surface area contributed by atoms with Crippen LogP contribution in [0.4, 0.5) is 5.69 Å². The Kier molecular flexibility index (Phi) is 5.07. The Bertz CT molecular complexity index is 772. The molecule has 0 radical (unpaired) electrons. The van der Waals surface area contributed by atoms with E-state index in [0.717, 1.165) is 42.4 Å². The van der Waals surface area contributed by atoms with Crippen LogP contribution in [0.25, 0.3) is 10.9 Å². The number of aryl methyl sites for hydroxylation is 1. The molecule has 0 bridgehead atoms. The topological polar surface area (TPSA) is 80.7 Å². The van der Waals surface area contributed by atoms with Crippen LogP contribution >= 0.6 is 12.4 Å². The first-order valence-corrected chi connectivity index (χ1v) is 7.23. The van der Waals surface area contributed by atoms with Crippen LogP contribution in [0.2, 0.25) is 0 Å². The molecule has 116 valence electrons. The van der Waals surface area contributed by atoms with Gasteiger partial charge in [0.1, 0.15) is 11.6 Å². The van der Waals surface area contributed by atoms with Gasteiger partial charge in [0.15, 0.2) is 0 Å². The highest BCUT2D eigenvalue weighted by Gasteiger charge is 2.18. The third-order valence-electron chi connectivity index (χ3n) is 3.97. The molecule has 0 aliphatic carbocycles. The zero-order valence-corrected chi connectivity index (χ0v) is 13.2. The Labute approximate surface area is 135 Å². The SMILES string of the molecule is Cc1ccc2c(NC3CCNCC3)c(C#N)c(=O)[nH]c2c1.Cl. The van der Waals surface area contributed by atoms with E-state index in [1.807, 2.05) is 31.2 Å². The molecule has 1 aromatic carbocycles. The average Bonchev–Trinajstić information content (AvgIpc) is 2.48. The van der Waals surface area contributed by atoms with Crippen molar-refractivity contribution in [2.24, 2.45) is 0 Å². The summed E-state index contributed by atoms with van der Waals surface area (Å²) in [5.74, 6) is 0. The van der Waals surface area contributed by atoms with Gasteiger partial charge in [0.2, 0.25) is 0 Å². The molecule has 0 amide bonds. The smallest absolute Gasteiger partial charge is 0.268 e. The van der Waals surface area contributed by atoms with Crippen molar-refractivity contribution in [3.8, 4) is 6.07 Å². The maximum Gasteiger partial charge on any atom is 0.268 e. The molecule has 2 aromatic rings. The van der Waals surface area contributed by atoms with Crippen molar-refractivity contribution in [3.63, 3.8) is 0 Å². The number of H-pyrrole nitrogens is 1. The fourth-order valence-electron chi connectivity index (χ4n) is 2.84. The lowest BCUT2D eigenvalue weighted by molar-refractivity contribution is 0.479. The van der Waals surface area contributed by atoms with Gasteiger partial charge in [0, 0.05) is 11.4 Å². The fourth-order valence-corrected chi connectivity index (χ4v) is 2.84. The normalized spacial score (nSPS) is 15.1. The Morgan fingerprint density at radius 1 is 1.32 bits per heavy atom. The molecule has 6 heteroatoms. The van der Waals surface area contributed by atoms with Crippen LogP contribution in [0.1, 0.15) is 24.0 Å². The summed E-state index contributed by atoms with van der Waals surface area (Å²) in [5, 5.41) is 17.0. The number of hydrogen-bond acceptors (Lipinski definition) is 4. The number of benzene rings is 1. The lowest BCUT2D eigenvalue weighted by Gasteiger charge is -2.25. The highest BCUT2D eigenvalue weighted by molar-refractivity contribution is 5.94. The molecule has 3 rings (SSSR count). The van der Waals surface area contributed by atoms with Gasteiger partial charge in [-0.25, -0.2) is 0 Å². The van der Waals surface area contributed by atoms with E-state index in [0.29, 0.717) is 11.7 Å². The molecule has 2 heterocycles. The number of nitriles is 1. The number of aromatic amines is 1. The van der Waals surface area contributed by atoms with Crippen molar-refractivity contribution in [1.29, 1.82) is 5.26 Å². The number of halogens is 1. The number of piperidine rings is 1. The predicted molar refractivity (Wildman–Crippen MR) is 90.8 cm³/mol. The van der Waals surface area contributed by atoms with Crippen molar-refractivity contribution in [1.82, 2.24) is 10.3 Å². The molecular formula is C16H19ClN4O. The summed E-state index contributed by atoms with van der Waals surface area (Å²) in [4.78, 5) is 14.9. The molecule has 0 atom stereocenters. The van der Waals surface area contributed by atoms with Gasteiger partial charge in [-0.2, -0.15) is 5.26 Å². The number of anilines is 1. The summed E-state index contributed by atoms with van der Waals surface area (Å²) >= 11 is 0. The monoisotopic (exact) mass is 318 g/mol. The van der Waals surface area contributed by atoms with Crippen molar-refractivity contribution in [3.05, 3.63) is 39.7 Å². The number of nitrogens with zero attached hydrogens (tertiary/aromatic N) is 1. The Morgan fingerprint density at radius 3 is 2.73 bits per heavy atom. The molecule has 1 aliphatic rings. The van der Waals surface area contributed by atoms with E-state index in [1.165, 1.54) is 0 Å². The number of pyridine rings is 1. The van der Waals surface area contributed by atoms with E-state index >= 15 is 0 Å². The van der Waals surface area contributed by atoms with Crippen LogP contribution in [0.5, 0.6) is 0 Å². The molecule has 0 unspecified atom stereocenters. The number of rotatable bonds is 2. The van der Waals surface area contributed by atoms with Crippen molar-refractivity contribution in [2.75, 3.05) is 18.4 Å². The summed E-state index contributed by atoms with van der Waals surface area (Å²) in [6, 6.07) is 8.23. The summed E-state index contributed by atoms with van der Waals surface area (Å²) in [6.45, 7) is 3.90. The van der Waals surface area contributed by atoms with Gasteiger partial charge in [-0.3, -0.25) is 4.79 Å². The molecule has 22 heavy (non-hydrogen) atoms. The maximum atomic E-state index is 12.1. The minimum atomic E-state index is -0.327. The van der Waals surface area contributed by atoms with Gasteiger partial charge in [-0.05, 0) is 44.5 Å². The summed E-state index contributed by atoms with van der Waals surface area (Å²) in [6.07, 6.45) is 1.98.